The minimum Gasteiger partial charge on any atom is -0.507 e. The van der Waals surface area contributed by atoms with Crippen LogP contribution in [0.25, 0.3) is 0 Å². The molecule has 0 saturated carbocycles. The first-order chi connectivity index (χ1) is 15.8. The summed E-state index contributed by atoms with van der Waals surface area (Å²) in [5, 5.41) is 15.8. The second kappa shape index (κ2) is 12.8. The number of aryl methyl sites for hydroxylation is 1. The quantitative estimate of drug-likeness (QED) is 0.439. The molecule has 10 heteroatoms. The van der Waals surface area contributed by atoms with Crippen LogP contribution in [-0.2, 0) is 23.9 Å². The number of aromatic hydroxyl groups is 1. The van der Waals surface area contributed by atoms with E-state index in [2.05, 4.69) is 10.6 Å². The van der Waals surface area contributed by atoms with Crippen LogP contribution in [0.4, 0.5) is 4.79 Å². The number of alkyl carbamates (subject to hydrolysis) is 1. The molecule has 0 bridgehead atoms. The number of phenolic OH excluding ortho intramolecular Hbond substituents is 1. The largest absolute Gasteiger partial charge is 0.507 e. The molecule has 0 radical (unpaired) electrons. The number of amides is 3. The van der Waals surface area contributed by atoms with Gasteiger partial charge in [-0.15, -0.1) is 0 Å². The summed E-state index contributed by atoms with van der Waals surface area (Å²) < 4.78 is 10.1. The SMILES string of the molecule is CCOC(=O)CCNC(=O)C(c1cccc(C)c1O)N(CC)C(=O)C(C)NC(=O)OC(C)(C)C. The Labute approximate surface area is 201 Å². The highest BCUT2D eigenvalue weighted by molar-refractivity contribution is 5.92. The maximum atomic E-state index is 13.3. The lowest BCUT2D eigenvalue weighted by Crippen LogP contribution is -2.52. The lowest BCUT2D eigenvalue weighted by Gasteiger charge is -2.33. The fraction of sp³-hybridized carbons (Fsp3) is 0.583. The topological polar surface area (TPSA) is 134 Å². The van der Waals surface area contributed by atoms with Gasteiger partial charge in [-0.25, -0.2) is 4.79 Å². The summed E-state index contributed by atoms with van der Waals surface area (Å²) in [6.45, 7) is 12.0. The standard InChI is InChI=1S/C24H37N3O7/c1-8-27(22(31)16(4)26-23(32)34-24(5,6)7)19(17-12-10-11-15(3)20(17)29)21(30)25-14-13-18(28)33-9-2/h10-12,16,19,29H,8-9,13-14H2,1-7H3,(H,25,30)(H,26,32). The van der Waals surface area contributed by atoms with Gasteiger partial charge in [-0.3, -0.25) is 14.4 Å². The highest BCUT2D eigenvalue weighted by atomic mass is 16.6. The van der Waals surface area contributed by atoms with Gasteiger partial charge in [0.15, 0.2) is 0 Å². The van der Waals surface area contributed by atoms with E-state index in [1.54, 1.807) is 59.7 Å². The maximum Gasteiger partial charge on any atom is 0.408 e. The summed E-state index contributed by atoms with van der Waals surface area (Å²) >= 11 is 0. The van der Waals surface area contributed by atoms with Crippen LogP contribution in [0.5, 0.6) is 5.75 Å². The number of carbonyl (C=O) groups is 4. The summed E-state index contributed by atoms with van der Waals surface area (Å²) in [7, 11) is 0. The summed E-state index contributed by atoms with van der Waals surface area (Å²) in [5.74, 6) is -1.70. The molecule has 3 N–H and O–H groups in total. The number of phenols is 1. The monoisotopic (exact) mass is 479 g/mol. The predicted molar refractivity (Wildman–Crippen MR) is 126 cm³/mol. The molecule has 0 aliphatic carbocycles. The molecule has 2 atom stereocenters. The first-order valence-corrected chi connectivity index (χ1v) is 11.3. The van der Waals surface area contributed by atoms with E-state index in [0.29, 0.717) is 5.56 Å². The van der Waals surface area contributed by atoms with E-state index in [4.69, 9.17) is 9.47 Å². The first kappa shape index (κ1) is 28.7. The predicted octanol–water partition coefficient (Wildman–Crippen LogP) is 2.57. The Hall–Kier alpha value is -3.30. The number of para-hydroxylation sites is 1. The molecule has 34 heavy (non-hydrogen) atoms. The molecule has 1 aromatic carbocycles. The van der Waals surface area contributed by atoms with Gasteiger partial charge in [-0.1, -0.05) is 18.2 Å². The molecule has 10 nitrogen and oxygen atoms in total. The number of hydrogen-bond acceptors (Lipinski definition) is 7. The lowest BCUT2D eigenvalue weighted by molar-refractivity contribution is -0.144. The van der Waals surface area contributed by atoms with E-state index < -0.39 is 41.6 Å². The van der Waals surface area contributed by atoms with Crippen LogP contribution in [0, 0.1) is 6.92 Å². The van der Waals surface area contributed by atoms with Gasteiger partial charge < -0.3 is 30.1 Å². The zero-order chi connectivity index (χ0) is 26.1. The Kier molecular flexibility index (Phi) is 10.8. The number of likely N-dealkylation sites (N-methyl/N-ethyl adjacent to an activating group) is 1. The van der Waals surface area contributed by atoms with Crippen LogP contribution >= 0.6 is 0 Å². The van der Waals surface area contributed by atoms with E-state index in [9.17, 15) is 24.3 Å². The van der Waals surface area contributed by atoms with Crippen LogP contribution in [-0.4, -0.2) is 65.2 Å². The minimum absolute atomic E-state index is 0.00178. The number of esters is 1. The van der Waals surface area contributed by atoms with Crippen molar-refractivity contribution in [3.63, 3.8) is 0 Å². The summed E-state index contributed by atoms with van der Waals surface area (Å²) in [5.41, 5.74) is 0.0185. The number of carbonyl (C=O) groups excluding carboxylic acids is 4. The van der Waals surface area contributed by atoms with Crippen LogP contribution in [0.2, 0.25) is 0 Å². The molecule has 0 aliphatic heterocycles. The number of benzene rings is 1. The number of rotatable bonds is 10. The molecule has 1 aromatic rings. The second-order valence-electron chi connectivity index (χ2n) is 8.75. The molecular weight excluding hydrogens is 442 g/mol. The van der Waals surface area contributed by atoms with Gasteiger partial charge >= 0.3 is 12.1 Å². The van der Waals surface area contributed by atoms with Crippen LogP contribution in [0.1, 0.15) is 65.1 Å². The van der Waals surface area contributed by atoms with Crippen molar-refractivity contribution in [2.24, 2.45) is 0 Å². The number of nitrogens with zero attached hydrogens (tertiary/aromatic N) is 1. The van der Waals surface area contributed by atoms with Gasteiger partial charge in [0.2, 0.25) is 11.8 Å². The summed E-state index contributed by atoms with van der Waals surface area (Å²) in [4.78, 5) is 51.5. The second-order valence-corrected chi connectivity index (χ2v) is 8.75. The van der Waals surface area contributed by atoms with Gasteiger partial charge in [0.05, 0.1) is 13.0 Å². The van der Waals surface area contributed by atoms with E-state index in [1.165, 1.54) is 11.8 Å². The van der Waals surface area contributed by atoms with Gasteiger partial charge in [0.25, 0.3) is 0 Å². The Morgan fingerprint density at radius 1 is 1.15 bits per heavy atom. The fourth-order valence-electron chi connectivity index (χ4n) is 3.23. The molecule has 0 aromatic heterocycles. The highest BCUT2D eigenvalue weighted by Crippen LogP contribution is 2.32. The van der Waals surface area contributed by atoms with Crippen molar-refractivity contribution >= 4 is 23.9 Å². The van der Waals surface area contributed by atoms with Gasteiger partial charge in [-0.2, -0.15) is 0 Å². The molecule has 0 aliphatic rings. The van der Waals surface area contributed by atoms with E-state index in [-0.39, 0.29) is 37.4 Å². The normalized spacial score (nSPS) is 12.8. The third-order valence-corrected chi connectivity index (χ3v) is 4.78. The Morgan fingerprint density at radius 2 is 1.79 bits per heavy atom. The van der Waals surface area contributed by atoms with E-state index in [1.807, 2.05) is 0 Å². The zero-order valence-electron chi connectivity index (χ0n) is 21.1. The van der Waals surface area contributed by atoms with Crippen molar-refractivity contribution in [3.05, 3.63) is 29.3 Å². The molecule has 0 saturated heterocycles. The van der Waals surface area contributed by atoms with E-state index >= 15 is 0 Å². The summed E-state index contributed by atoms with van der Waals surface area (Å²) in [6, 6.07) is 2.71. The van der Waals surface area contributed by atoms with Crippen molar-refractivity contribution in [1.29, 1.82) is 0 Å². The average Bonchev–Trinajstić information content (AvgIpc) is 2.72. The van der Waals surface area contributed by atoms with Crippen LogP contribution in [0.3, 0.4) is 0 Å². The van der Waals surface area contributed by atoms with Crippen LogP contribution in [0.15, 0.2) is 18.2 Å². The van der Waals surface area contributed by atoms with Crippen molar-refractivity contribution in [3.8, 4) is 5.75 Å². The first-order valence-electron chi connectivity index (χ1n) is 11.3. The fourth-order valence-corrected chi connectivity index (χ4v) is 3.23. The van der Waals surface area contributed by atoms with Crippen molar-refractivity contribution in [2.45, 2.75) is 72.6 Å². The number of ether oxygens (including phenoxy) is 2. The van der Waals surface area contributed by atoms with Crippen molar-refractivity contribution < 1.29 is 33.8 Å². The zero-order valence-corrected chi connectivity index (χ0v) is 21.1. The third-order valence-electron chi connectivity index (χ3n) is 4.78. The number of hydrogen-bond donors (Lipinski definition) is 3. The third kappa shape index (κ3) is 8.57. The summed E-state index contributed by atoms with van der Waals surface area (Å²) in [6.07, 6.45) is -0.804. The molecule has 0 fully saturated rings. The Balaban J connectivity index is 3.18. The van der Waals surface area contributed by atoms with Gasteiger partial charge in [-0.05, 0) is 54.0 Å². The van der Waals surface area contributed by atoms with E-state index in [0.717, 1.165) is 0 Å². The van der Waals surface area contributed by atoms with Crippen molar-refractivity contribution in [2.75, 3.05) is 19.7 Å². The molecule has 1 rings (SSSR count). The molecule has 0 spiro atoms. The highest BCUT2D eigenvalue weighted by Gasteiger charge is 2.35. The van der Waals surface area contributed by atoms with Gasteiger partial charge in [0.1, 0.15) is 23.4 Å². The van der Waals surface area contributed by atoms with Crippen molar-refractivity contribution in [1.82, 2.24) is 15.5 Å². The molecule has 190 valence electrons. The maximum absolute atomic E-state index is 13.3. The average molecular weight is 480 g/mol. The lowest BCUT2D eigenvalue weighted by atomic mass is 9.99. The molecule has 2 unspecified atom stereocenters. The molecular formula is C24H37N3O7. The Bertz CT molecular complexity index is 880. The minimum atomic E-state index is -1.19. The van der Waals surface area contributed by atoms with Crippen LogP contribution < -0.4 is 10.6 Å². The molecule has 3 amide bonds. The van der Waals surface area contributed by atoms with Gasteiger partial charge in [0, 0.05) is 18.7 Å². The molecule has 0 heterocycles. The number of nitrogens with one attached hydrogen (secondary N) is 2. The Morgan fingerprint density at radius 3 is 2.35 bits per heavy atom. The smallest absolute Gasteiger partial charge is 0.408 e.